The molecule has 8 nitrogen and oxygen atoms in total. The van der Waals surface area contributed by atoms with E-state index < -0.39 is 16.8 Å². The van der Waals surface area contributed by atoms with E-state index in [1.54, 1.807) is 6.07 Å². The molecule has 0 saturated heterocycles. The van der Waals surface area contributed by atoms with Gasteiger partial charge in [-0.15, -0.1) is 12.4 Å². The molecule has 27 heavy (non-hydrogen) atoms. The number of carbonyl (C=O) groups is 1. The molecular weight excluding hydrogens is 370 g/mol. The standard InChI is InChI=1S/C18H25N5O3.ClH/c1-4-7-23-14-13(16(25)21-17(23)26)11(8-12(20-14)10-5-6-10)15(24)22-18(2,3)9-19;/h8,10H,4-7,9,19H2,1-3H3,(H,22,24)(H,21,25,26);1H. The van der Waals surface area contributed by atoms with E-state index in [2.05, 4.69) is 15.3 Å². The molecule has 0 aromatic carbocycles. The topological polar surface area (TPSA) is 123 Å². The van der Waals surface area contributed by atoms with Crippen molar-refractivity contribution in [3.8, 4) is 0 Å². The highest BCUT2D eigenvalue weighted by molar-refractivity contribution is 6.05. The zero-order valence-corrected chi connectivity index (χ0v) is 16.6. The lowest BCUT2D eigenvalue weighted by Gasteiger charge is -2.24. The largest absolute Gasteiger partial charge is 0.346 e. The Hall–Kier alpha value is -2.19. The minimum atomic E-state index is -0.614. The third-order valence-corrected chi connectivity index (χ3v) is 4.62. The first-order valence-electron chi connectivity index (χ1n) is 8.97. The first kappa shape index (κ1) is 21.1. The Labute approximate surface area is 163 Å². The predicted octanol–water partition coefficient (Wildman–Crippen LogP) is 1.26. The number of pyridine rings is 1. The second-order valence-electron chi connectivity index (χ2n) is 7.52. The molecule has 1 saturated carbocycles. The van der Waals surface area contributed by atoms with Crippen LogP contribution in [0, 0.1) is 0 Å². The van der Waals surface area contributed by atoms with Gasteiger partial charge in [0.2, 0.25) is 0 Å². The van der Waals surface area contributed by atoms with Crippen molar-refractivity contribution in [3.63, 3.8) is 0 Å². The number of hydrogen-bond donors (Lipinski definition) is 3. The van der Waals surface area contributed by atoms with Crippen molar-refractivity contribution in [2.45, 2.75) is 58.0 Å². The summed E-state index contributed by atoms with van der Waals surface area (Å²) in [4.78, 5) is 44.5. The number of nitrogens with one attached hydrogen (secondary N) is 2. The molecule has 0 radical (unpaired) electrons. The van der Waals surface area contributed by atoms with Crippen molar-refractivity contribution in [2.24, 2.45) is 5.73 Å². The highest BCUT2D eigenvalue weighted by Gasteiger charge is 2.29. The van der Waals surface area contributed by atoms with Crippen molar-refractivity contribution in [3.05, 3.63) is 38.2 Å². The second-order valence-corrected chi connectivity index (χ2v) is 7.52. The fraction of sp³-hybridized carbons (Fsp3) is 0.556. The summed E-state index contributed by atoms with van der Waals surface area (Å²) in [7, 11) is 0. The van der Waals surface area contributed by atoms with Crippen molar-refractivity contribution >= 4 is 29.3 Å². The van der Waals surface area contributed by atoms with Crippen LogP contribution in [0.15, 0.2) is 15.7 Å². The van der Waals surface area contributed by atoms with E-state index in [0.29, 0.717) is 13.0 Å². The number of halogens is 1. The van der Waals surface area contributed by atoms with Crippen molar-refractivity contribution in [1.82, 2.24) is 19.9 Å². The number of hydrogen-bond acceptors (Lipinski definition) is 5. The molecule has 1 aliphatic carbocycles. The van der Waals surface area contributed by atoms with Gasteiger partial charge in [-0.1, -0.05) is 6.92 Å². The first-order valence-corrected chi connectivity index (χ1v) is 8.97. The highest BCUT2D eigenvalue weighted by atomic mass is 35.5. The fourth-order valence-corrected chi connectivity index (χ4v) is 2.92. The van der Waals surface area contributed by atoms with Gasteiger partial charge >= 0.3 is 5.69 Å². The van der Waals surface area contributed by atoms with Crippen LogP contribution in [0.25, 0.3) is 11.0 Å². The molecule has 148 valence electrons. The van der Waals surface area contributed by atoms with E-state index >= 15 is 0 Å². The second kappa shape index (κ2) is 7.82. The number of nitrogens with zero attached hydrogens (tertiary/aromatic N) is 2. The lowest BCUT2D eigenvalue weighted by atomic mass is 10.0. The Bertz CT molecular complexity index is 975. The number of aryl methyl sites for hydroxylation is 1. The maximum atomic E-state index is 12.9. The zero-order chi connectivity index (χ0) is 19.1. The van der Waals surface area contributed by atoms with E-state index in [4.69, 9.17) is 5.73 Å². The minimum absolute atomic E-state index is 0. The number of rotatable bonds is 6. The van der Waals surface area contributed by atoms with Crippen LogP contribution in [0.3, 0.4) is 0 Å². The third kappa shape index (κ3) is 4.22. The maximum absolute atomic E-state index is 12.9. The number of H-pyrrole nitrogens is 1. The summed E-state index contributed by atoms with van der Waals surface area (Å²) in [5, 5.41) is 3.01. The van der Waals surface area contributed by atoms with Crippen molar-refractivity contribution in [1.29, 1.82) is 0 Å². The first-order chi connectivity index (χ1) is 12.3. The van der Waals surface area contributed by atoms with Crippen molar-refractivity contribution < 1.29 is 4.79 Å². The molecular formula is C18H26ClN5O3. The molecule has 1 fully saturated rings. The molecule has 1 aliphatic rings. The van der Waals surface area contributed by atoms with E-state index in [9.17, 15) is 14.4 Å². The number of nitrogens with two attached hydrogens (primary N) is 1. The van der Waals surface area contributed by atoms with Crippen molar-refractivity contribution in [2.75, 3.05) is 6.54 Å². The molecule has 0 bridgehead atoms. The van der Waals surface area contributed by atoms with E-state index in [1.807, 2.05) is 20.8 Å². The Morgan fingerprint density at radius 1 is 1.41 bits per heavy atom. The molecule has 2 aromatic rings. The van der Waals surface area contributed by atoms with Gasteiger partial charge in [-0.3, -0.25) is 19.1 Å². The van der Waals surface area contributed by atoms with Crippen LogP contribution in [0.2, 0.25) is 0 Å². The molecule has 2 heterocycles. The SMILES string of the molecule is CCCn1c(=O)[nH]c(=O)c2c(C(=O)NC(C)(C)CN)cc(C3CC3)nc21.Cl. The normalized spacial score (nSPS) is 14.1. The van der Waals surface area contributed by atoms with Crippen LogP contribution in [-0.2, 0) is 6.54 Å². The zero-order valence-electron chi connectivity index (χ0n) is 15.8. The molecule has 2 aromatic heterocycles. The predicted molar refractivity (Wildman–Crippen MR) is 107 cm³/mol. The summed E-state index contributed by atoms with van der Waals surface area (Å²) < 4.78 is 1.44. The Morgan fingerprint density at radius 2 is 2.07 bits per heavy atom. The van der Waals surface area contributed by atoms with Gasteiger partial charge in [0.15, 0.2) is 5.65 Å². The van der Waals surface area contributed by atoms with E-state index in [0.717, 1.165) is 18.5 Å². The molecule has 0 unspecified atom stereocenters. The smallest absolute Gasteiger partial charge is 0.329 e. The van der Waals surface area contributed by atoms with Gasteiger partial charge < -0.3 is 11.1 Å². The Morgan fingerprint density at radius 3 is 2.63 bits per heavy atom. The molecule has 3 rings (SSSR count). The Balaban J connectivity index is 0.00000261. The van der Waals surface area contributed by atoms with E-state index in [1.165, 1.54) is 4.57 Å². The number of carbonyl (C=O) groups excluding carboxylic acids is 1. The van der Waals surface area contributed by atoms with Crippen LogP contribution in [-0.4, -0.2) is 32.5 Å². The highest BCUT2D eigenvalue weighted by Crippen LogP contribution is 2.39. The van der Waals surface area contributed by atoms with Gasteiger partial charge in [-0.05, 0) is 39.2 Å². The third-order valence-electron chi connectivity index (χ3n) is 4.62. The van der Waals surface area contributed by atoms with Gasteiger partial charge in [0.05, 0.1) is 10.9 Å². The summed E-state index contributed by atoms with van der Waals surface area (Å²) in [6, 6.07) is 1.68. The van der Waals surface area contributed by atoms with Gasteiger partial charge in [-0.25, -0.2) is 9.78 Å². The molecule has 0 spiro atoms. The van der Waals surface area contributed by atoms with Gasteiger partial charge in [-0.2, -0.15) is 0 Å². The quantitative estimate of drug-likeness (QED) is 0.679. The summed E-state index contributed by atoms with van der Waals surface area (Å²) in [5.41, 5.74) is 5.27. The average Bonchev–Trinajstić information content (AvgIpc) is 3.42. The average molecular weight is 396 g/mol. The van der Waals surface area contributed by atoms with Gasteiger partial charge in [0.25, 0.3) is 11.5 Å². The summed E-state index contributed by atoms with van der Waals surface area (Å²) in [6.45, 7) is 6.24. The van der Waals surface area contributed by atoms with Crippen LogP contribution in [0.4, 0.5) is 0 Å². The van der Waals surface area contributed by atoms with E-state index in [-0.39, 0.29) is 47.4 Å². The molecule has 9 heteroatoms. The number of aromatic nitrogens is 3. The summed E-state index contributed by atoms with van der Waals surface area (Å²) in [6.07, 6.45) is 2.70. The molecule has 1 amide bonds. The number of amides is 1. The minimum Gasteiger partial charge on any atom is -0.346 e. The number of aromatic amines is 1. The lowest BCUT2D eigenvalue weighted by molar-refractivity contribution is 0.0917. The van der Waals surface area contributed by atoms with Gasteiger partial charge in [0.1, 0.15) is 0 Å². The van der Waals surface area contributed by atoms with Crippen LogP contribution in [0.5, 0.6) is 0 Å². The van der Waals surface area contributed by atoms with Crippen LogP contribution in [0.1, 0.15) is 62.0 Å². The van der Waals surface area contributed by atoms with Crippen LogP contribution >= 0.6 is 12.4 Å². The lowest BCUT2D eigenvalue weighted by Crippen LogP contribution is -2.49. The monoisotopic (exact) mass is 395 g/mol. The molecule has 0 aliphatic heterocycles. The molecule has 0 atom stereocenters. The summed E-state index contributed by atoms with van der Waals surface area (Å²) >= 11 is 0. The molecule has 4 N–H and O–H groups in total. The van der Waals surface area contributed by atoms with Crippen LogP contribution < -0.4 is 22.3 Å². The maximum Gasteiger partial charge on any atom is 0.329 e. The summed E-state index contributed by atoms with van der Waals surface area (Å²) in [5.74, 6) is -0.111. The van der Waals surface area contributed by atoms with Gasteiger partial charge in [0, 0.05) is 30.2 Å². The Kier molecular flexibility index (Phi) is 6.11. The fourth-order valence-electron chi connectivity index (χ4n) is 2.92. The number of fused-ring (bicyclic) bond motifs is 1.